The van der Waals surface area contributed by atoms with E-state index >= 15 is 0 Å². The highest BCUT2D eigenvalue weighted by atomic mass is 19.1. The maximum absolute atomic E-state index is 12.9. The third kappa shape index (κ3) is 3.85. The molecule has 1 aromatic carbocycles. The van der Waals surface area contributed by atoms with Crippen LogP contribution in [0.25, 0.3) is 0 Å². The molecule has 0 unspecified atom stereocenters. The van der Waals surface area contributed by atoms with E-state index in [0.717, 1.165) is 0 Å². The zero-order chi connectivity index (χ0) is 13.7. The molecule has 100 valence electrons. The van der Waals surface area contributed by atoms with Gasteiger partial charge in [0, 0.05) is 13.1 Å². The van der Waals surface area contributed by atoms with E-state index in [2.05, 4.69) is 15.6 Å². The minimum absolute atomic E-state index is 0.0579. The molecule has 7 heteroatoms. The summed E-state index contributed by atoms with van der Waals surface area (Å²) in [6.07, 6.45) is 1.61. The Hall–Kier alpha value is -2.28. The van der Waals surface area contributed by atoms with Crippen LogP contribution in [-0.2, 0) is 24.4 Å². The third-order valence-corrected chi connectivity index (χ3v) is 2.48. The van der Waals surface area contributed by atoms with Crippen LogP contribution in [0.4, 0.5) is 4.39 Å². The topological polar surface area (TPSA) is 85.8 Å². The Balaban J connectivity index is 1.84. The van der Waals surface area contributed by atoms with Gasteiger partial charge in [0.2, 0.25) is 5.91 Å². The van der Waals surface area contributed by atoms with Crippen LogP contribution in [0.1, 0.15) is 11.3 Å². The zero-order valence-electron chi connectivity index (χ0n) is 10.2. The van der Waals surface area contributed by atoms with Crippen LogP contribution >= 0.6 is 0 Å². The summed E-state index contributed by atoms with van der Waals surface area (Å²) in [5, 5.41) is 10.2. The molecule has 1 amide bonds. The maximum Gasteiger partial charge on any atom is 0.242 e. The smallest absolute Gasteiger partial charge is 0.242 e. The van der Waals surface area contributed by atoms with Crippen molar-refractivity contribution in [3.63, 3.8) is 0 Å². The van der Waals surface area contributed by atoms with E-state index in [-0.39, 0.29) is 31.4 Å². The van der Waals surface area contributed by atoms with Crippen LogP contribution in [0.2, 0.25) is 0 Å². The lowest BCUT2D eigenvalue weighted by atomic mass is 10.2. The fourth-order valence-corrected chi connectivity index (χ4v) is 1.56. The van der Waals surface area contributed by atoms with Crippen LogP contribution in [0.15, 0.2) is 30.5 Å². The molecule has 0 aliphatic heterocycles. The second-order valence-electron chi connectivity index (χ2n) is 4.02. The molecule has 0 spiro atoms. The largest absolute Gasteiger partial charge is 0.350 e. The molecule has 0 aliphatic rings. The Labute approximate surface area is 109 Å². The van der Waals surface area contributed by atoms with Crippen molar-refractivity contribution in [3.05, 3.63) is 47.5 Å². The number of nitrogens with two attached hydrogens (primary N) is 1. The number of aromatic nitrogens is 3. The van der Waals surface area contributed by atoms with Gasteiger partial charge >= 0.3 is 0 Å². The summed E-state index contributed by atoms with van der Waals surface area (Å²) in [6.45, 7) is 0.613. The average Bonchev–Trinajstić information content (AvgIpc) is 2.84. The molecule has 6 nitrogen and oxygen atoms in total. The van der Waals surface area contributed by atoms with Gasteiger partial charge in [-0.2, -0.15) is 0 Å². The van der Waals surface area contributed by atoms with E-state index in [0.29, 0.717) is 11.3 Å². The Bertz CT molecular complexity index is 569. The summed E-state index contributed by atoms with van der Waals surface area (Å²) in [5.41, 5.74) is 6.72. The predicted molar refractivity (Wildman–Crippen MR) is 66.2 cm³/mol. The van der Waals surface area contributed by atoms with Gasteiger partial charge in [-0.3, -0.25) is 4.79 Å². The molecule has 1 aromatic heterocycles. The normalized spacial score (nSPS) is 10.4. The fourth-order valence-electron chi connectivity index (χ4n) is 1.56. The Morgan fingerprint density at radius 2 is 2.32 bits per heavy atom. The summed E-state index contributed by atoms with van der Waals surface area (Å²) < 4.78 is 14.3. The monoisotopic (exact) mass is 263 g/mol. The number of nitrogens with zero attached hydrogens (tertiary/aromatic N) is 3. The second-order valence-corrected chi connectivity index (χ2v) is 4.02. The number of rotatable bonds is 5. The van der Waals surface area contributed by atoms with Crippen molar-refractivity contribution in [3.8, 4) is 0 Å². The SMILES string of the molecule is NCc1cn(CC(=O)NCc2cccc(F)c2)nn1. The first kappa shape index (κ1) is 13.2. The molecule has 0 fully saturated rings. The van der Waals surface area contributed by atoms with Crippen molar-refractivity contribution in [1.29, 1.82) is 0 Å². The van der Waals surface area contributed by atoms with E-state index in [9.17, 15) is 9.18 Å². The summed E-state index contributed by atoms with van der Waals surface area (Å²) in [6, 6.07) is 6.07. The van der Waals surface area contributed by atoms with Gasteiger partial charge in [0.05, 0.1) is 11.9 Å². The van der Waals surface area contributed by atoms with E-state index in [1.165, 1.54) is 16.8 Å². The van der Waals surface area contributed by atoms with Crippen molar-refractivity contribution in [2.24, 2.45) is 5.73 Å². The van der Waals surface area contributed by atoms with E-state index in [1.807, 2.05) is 0 Å². The van der Waals surface area contributed by atoms with Crippen molar-refractivity contribution in [2.45, 2.75) is 19.6 Å². The molecular weight excluding hydrogens is 249 g/mol. The maximum atomic E-state index is 12.9. The average molecular weight is 263 g/mol. The Morgan fingerprint density at radius 3 is 3.00 bits per heavy atom. The summed E-state index contributed by atoms with van der Waals surface area (Å²) in [4.78, 5) is 11.6. The molecule has 0 atom stereocenters. The number of hydrogen-bond donors (Lipinski definition) is 2. The lowest BCUT2D eigenvalue weighted by Gasteiger charge is -2.05. The van der Waals surface area contributed by atoms with Gasteiger partial charge in [0.15, 0.2) is 0 Å². The molecule has 3 N–H and O–H groups in total. The van der Waals surface area contributed by atoms with Crippen LogP contribution in [0, 0.1) is 5.82 Å². The van der Waals surface area contributed by atoms with Gasteiger partial charge in [-0.25, -0.2) is 9.07 Å². The molecule has 2 rings (SSSR count). The van der Waals surface area contributed by atoms with Gasteiger partial charge in [0.1, 0.15) is 12.4 Å². The van der Waals surface area contributed by atoms with Crippen LogP contribution in [-0.4, -0.2) is 20.9 Å². The molecule has 0 saturated carbocycles. The highest BCUT2D eigenvalue weighted by Gasteiger charge is 2.05. The summed E-state index contributed by atoms with van der Waals surface area (Å²) in [5.74, 6) is -0.548. The highest BCUT2D eigenvalue weighted by Crippen LogP contribution is 2.02. The highest BCUT2D eigenvalue weighted by molar-refractivity contribution is 5.75. The van der Waals surface area contributed by atoms with Crippen molar-refractivity contribution < 1.29 is 9.18 Å². The minimum Gasteiger partial charge on any atom is -0.350 e. The first-order valence-electron chi connectivity index (χ1n) is 5.77. The Kier molecular flexibility index (Phi) is 4.19. The van der Waals surface area contributed by atoms with Gasteiger partial charge in [-0.15, -0.1) is 5.10 Å². The van der Waals surface area contributed by atoms with Gasteiger partial charge in [-0.1, -0.05) is 17.3 Å². The molecule has 0 saturated heterocycles. The number of hydrogen-bond acceptors (Lipinski definition) is 4. The lowest BCUT2D eigenvalue weighted by Crippen LogP contribution is -2.27. The lowest BCUT2D eigenvalue weighted by molar-refractivity contribution is -0.122. The van der Waals surface area contributed by atoms with Crippen molar-refractivity contribution >= 4 is 5.91 Å². The summed E-state index contributed by atoms with van der Waals surface area (Å²) >= 11 is 0. The number of nitrogens with one attached hydrogen (secondary N) is 1. The molecule has 0 aliphatic carbocycles. The molecule has 1 heterocycles. The zero-order valence-corrected chi connectivity index (χ0v) is 10.2. The standard InChI is InChI=1S/C12H14FN5O/c13-10-3-1-2-9(4-10)6-15-12(19)8-18-7-11(5-14)16-17-18/h1-4,7H,5-6,8,14H2,(H,15,19). The molecule has 19 heavy (non-hydrogen) atoms. The first-order valence-corrected chi connectivity index (χ1v) is 5.77. The van der Waals surface area contributed by atoms with Crippen molar-refractivity contribution in [1.82, 2.24) is 20.3 Å². The van der Waals surface area contributed by atoms with E-state index in [1.54, 1.807) is 18.3 Å². The van der Waals surface area contributed by atoms with Crippen LogP contribution in [0.5, 0.6) is 0 Å². The van der Waals surface area contributed by atoms with Crippen LogP contribution in [0.3, 0.4) is 0 Å². The van der Waals surface area contributed by atoms with E-state index < -0.39 is 0 Å². The minimum atomic E-state index is -0.324. The molecule has 0 bridgehead atoms. The molecule has 2 aromatic rings. The third-order valence-electron chi connectivity index (χ3n) is 2.48. The van der Waals surface area contributed by atoms with Gasteiger partial charge in [-0.05, 0) is 17.7 Å². The number of halogens is 1. The van der Waals surface area contributed by atoms with Gasteiger partial charge in [0.25, 0.3) is 0 Å². The molecular formula is C12H14FN5O. The Morgan fingerprint density at radius 1 is 1.47 bits per heavy atom. The van der Waals surface area contributed by atoms with E-state index in [4.69, 9.17) is 5.73 Å². The fraction of sp³-hybridized carbons (Fsp3) is 0.250. The number of carbonyl (C=O) groups excluding carboxylic acids is 1. The number of carbonyl (C=O) groups is 1. The first-order chi connectivity index (χ1) is 9.17. The number of amides is 1. The predicted octanol–water partition coefficient (Wildman–Crippen LogP) is 0.192. The molecule has 0 radical (unpaired) electrons. The van der Waals surface area contributed by atoms with Crippen LogP contribution < -0.4 is 11.1 Å². The summed E-state index contributed by atoms with van der Waals surface area (Å²) in [7, 11) is 0. The van der Waals surface area contributed by atoms with Crippen molar-refractivity contribution in [2.75, 3.05) is 0 Å². The second kappa shape index (κ2) is 6.05. The van der Waals surface area contributed by atoms with Gasteiger partial charge < -0.3 is 11.1 Å². The number of benzene rings is 1. The quantitative estimate of drug-likeness (QED) is 0.806.